The van der Waals surface area contributed by atoms with Crippen LogP contribution in [0.5, 0.6) is 11.5 Å². The summed E-state index contributed by atoms with van der Waals surface area (Å²) in [6.07, 6.45) is 10.4. The van der Waals surface area contributed by atoms with Crippen LogP contribution in [0.3, 0.4) is 0 Å². The van der Waals surface area contributed by atoms with Gasteiger partial charge in [-0.05, 0) is 174 Å². The molecule has 6 heterocycles. The van der Waals surface area contributed by atoms with Crippen molar-refractivity contribution in [3.8, 4) is 46.6 Å². The molecule has 0 radical (unpaired) electrons. The van der Waals surface area contributed by atoms with E-state index in [0.717, 1.165) is 132 Å². The third-order valence-electron chi connectivity index (χ3n) is 24.0. The van der Waals surface area contributed by atoms with Crippen LogP contribution in [-0.2, 0) is 56.0 Å². The number of aromatic amines is 2. The second-order valence-corrected chi connectivity index (χ2v) is 32.8. The van der Waals surface area contributed by atoms with Gasteiger partial charge in [-0.2, -0.15) is 0 Å². The SMILES string of the molecule is C#CC(=O)NCCCCCC(=O)N(CCN(C)C(=O)CCCOc1cccc(-c2nc3ccc(C4=Nc5cc(N6CCN(C)CC6)ccc5C4)cc3[nH]2)c1)CC(=O)N(C)[C@@H](C)C(=O)N(C)[C@@H](C)C(=O)N(C)[C@@H](C)C(=O)N(CCCCN(C)C(=O)CCCOc1cccc(-c2nc3ccc(C4=Nc5cc(N6CCN(C)CC6)ccc5C4)cc3[nH]2)c1)CC(N)=O. The van der Waals surface area contributed by atoms with E-state index in [9.17, 15) is 43.2 Å². The van der Waals surface area contributed by atoms with Crippen molar-refractivity contribution < 1.29 is 52.6 Å². The number of hydrogen-bond acceptors (Lipinski definition) is 19. The highest BCUT2D eigenvalue weighted by atomic mass is 16.5. The summed E-state index contributed by atoms with van der Waals surface area (Å²) >= 11 is 0. The number of piperazine rings is 2. The monoisotopic (exact) mass is 1680 g/mol. The number of hydrogen-bond donors (Lipinski definition) is 4. The molecule has 0 aliphatic carbocycles. The summed E-state index contributed by atoms with van der Waals surface area (Å²) in [6, 6.07) is 37.6. The molecule has 4 aliphatic heterocycles. The minimum atomic E-state index is -1.13. The Morgan fingerprint density at radius 2 is 0.951 bits per heavy atom. The molecule has 2 fully saturated rings. The molecule has 4 aliphatic rings. The molecule has 8 aromatic rings. The molecule has 0 spiro atoms. The first-order valence-corrected chi connectivity index (χ1v) is 42.8. The van der Waals surface area contributed by atoms with Crippen molar-refractivity contribution in [1.82, 2.24) is 69.4 Å². The molecule has 5 N–H and O–H groups in total. The lowest BCUT2D eigenvalue weighted by atomic mass is 10.0. The van der Waals surface area contributed by atoms with E-state index >= 15 is 0 Å². The largest absolute Gasteiger partial charge is 0.494 e. The number of fused-ring (bicyclic) bond motifs is 4. The van der Waals surface area contributed by atoms with E-state index in [4.69, 9.17) is 41.6 Å². The molecule has 650 valence electrons. The maximum atomic E-state index is 14.2. The van der Waals surface area contributed by atoms with Gasteiger partial charge >= 0.3 is 0 Å². The first-order chi connectivity index (χ1) is 59.1. The van der Waals surface area contributed by atoms with Crippen molar-refractivity contribution in [2.45, 2.75) is 116 Å². The van der Waals surface area contributed by atoms with Crippen LogP contribution in [0.15, 0.2) is 131 Å². The zero-order valence-corrected chi connectivity index (χ0v) is 72.6. The van der Waals surface area contributed by atoms with Gasteiger partial charge in [0.15, 0.2) is 0 Å². The van der Waals surface area contributed by atoms with Gasteiger partial charge < -0.3 is 84.4 Å². The van der Waals surface area contributed by atoms with E-state index in [1.54, 1.807) is 19.0 Å². The van der Waals surface area contributed by atoms with E-state index in [1.165, 1.54) is 93.8 Å². The van der Waals surface area contributed by atoms with Crippen LogP contribution in [0, 0.1) is 12.3 Å². The lowest BCUT2D eigenvalue weighted by molar-refractivity contribution is -0.152. The van der Waals surface area contributed by atoms with E-state index in [2.05, 4.69) is 110 Å². The summed E-state index contributed by atoms with van der Waals surface area (Å²) in [4.78, 5) is 168. The van der Waals surface area contributed by atoms with Gasteiger partial charge in [0.25, 0.3) is 5.91 Å². The van der Waals surface area contributed by atoms with Crippen LogP contribution in [-0.4, -0.2) is 307 Å². The predicted octanol–water partition coefficient (Wildman–Crippen LogP) is 8.34. The average molecular weight is 1680 g/mol. The van der Waals surface area contributed by atoms with Crippen LogP contribution in [0.2, 0.25) is 0 Å². The molecule has 0 bridgehead atoms. The molecule has 2 saturated heterocycles. The number of nitrogens with two attached hydrogens (primary N) is 1. The number of unbranched alkanes of at least 4 members (excludes halogenated alkanes) is 3. The molecular formula is C93H117N19O11. The molecule has 0 unspecified atom stereocenters. The smallest absolute Gasteiger partial charge is 0.295 e. The number of primary amides is 1. The number of imidazole rings is 2. The second-order valence-electron chi connectivity index (χ2n) is 32.8. The zero-order chi connectivity index (χ0) is 87.5. The first kappa shape index (κ1) is 89.8. The quantitative estimate of drug-likeness (QED) is 0.0207. The summed E-state index contributed by atoms with van der Waals surface area (Å²) in [5.74, 6) is 0.384. The molecule has 30 nitrogen and oxygen atoms in total. The molecule has 2 aromatic heterocycles. The Kier molecular flexibility index (Phi) is 30.5. The molecule has 6 aromatic carbocycles. The molecule has 9 amide bonds. The number of terminal acetylenes is 1. The van der Waals surface area contributed by atoms with Gasteiger partial charge in [0.05, 0.1) is 71.2 Å². The number of aliphatic imine (C=N–C) groups is 2. The molecule has 30 heteroatoms. The predicted molar refractivity (Wildman–Crippen MR) is 478 cm³/mol. The van der Waals surface area contributed by atoms with Crippen molar-refractivity contribution in [3.63, 3.8) is 0 Å². The fourth-order valence-electron chi connectivity index (χ4n) is 15.7. The van der Waals surface area contributed by atoms with Gasteiger partial charge in [-0.3, -0.25) is 53.1 Å². The van der Waals surface area contributed by atoms with E-state index in [0.29, 0.717) is 87.8 Å². The van der Waals surface area contributed by atoms with Crippen LogP contribution in [0.25, 0.3) is 44.8 Å². The van der Waals surface area contributed by atoms with E-state index in [-0.39, 0.29) is 63.2 Å². The number of rotatable bonds is 40. The number of carbonyl (C=O) groups is 9. The second kappa shape index (κ2) is 41.9. The minimum absolute atomic E-state index is 0.00334. The number of likely N-dealkylation sites (N-methyl/N-ethyl adjacent to an activating group) is 6. The lowest BCUT2D eigenvalue weighted by Crippen LogP contribution is -2.57. The highest BCUT2D eigenvalue weighted by molar-refractivity contribution is 6.09. The number of anilines is 2. The van der Waals surface area contributed by atoms with Crippen LogP contribution >= 0.6 is 0 Å². The number of ether oxygens (including phenoxy) is 2. The molecular weight excluding hydrogens is 1560 g/mol. The zero-order valence-electron chi connectivity index (χ0n) is 72.6. The summed E-state index contributed by atoms with van der Waals surface area (Å²) in [5, 5.41) is 2.61. The van der Waals surface area contributed by atoms with Gasteiger partial charge in [0.1, 0.15) is 41.3 Å². The van der Waals surface area contributed by atoms with Gasteiger partial charge in [0, 0.05) is 175 Å². The standard InChI is InChI=1S/C93H117N19O11/c1-12-84(114)95-37-15-13-14-26-87(117)111(49-44-105(8)86(116)28-21-51-123-74-25-19-23-70(53-74)90-99-76-36-32-68(57-82(76)101-90)78-55-66-30-34-72(59-80(66)97-78)110-47-42-103(6)43-48-110)61-88(118)106(9)62(2)91(119)107(10)63(3)92(120)108(11)64(4)93(121)112(60-83(94)113)39-17-16-38-104(7)85(115)27-20-50-122-73-24-18-22-69(52-73)89-98-75-35-31-67(56-81(75)100-89)77-54-65-29-33-71(58-79(65)96-77)109-45-40-102(5)41-46-109/h1,18-19,22-25,29-36,52-53,56-59,62-64H,13-17,20-21,26-28,37-51,54-55,60-61H2,2-11H3,(H2,94,113)(H,95,114)(H,98,100)(H,99,101)/t62-,63-,64-/m0/s1. The van der Waals surface area contributed by atoms with E-state index in [1.807, 2.05) is 66.6 Å². The van der Waals surface area contributed by atoms with Crippen LogP contribution < -0.4 is 30.3 Å². The van der Waals surface area contributed by atoms with Crippen LogP contribution in [0.1, 0.15) is 107 Å². The minimum Gasteiger partial charge on any atom is -0.494 e. The highest BCUT2D eigenvalue weighted by Gasteiger charge is 2.36. The number of H-pyrrole nitrogens is 2. The third-order valence-corrected chi connectivity index (χ3v) is 24.0. The normalized spacial score (nSPS) is 14.6. The number of nitrogens with zero attached hydrogens (tertiary/aromatic N) is 15. The third kappa shape index (κ3) is 23.4. The molecule has 12 rings (SSSR count). The Morgan fingerprint density at radius 3 is 1.45 bits per heavy atom. The Balaban J connectivity index is 0.559. The Labute approximate surface area is 720 Å². The fourth-order valence-corrected chi connectivity index (χ4v) is 15.7. The topological polar surface area (TPSA) is 328 Å². The van der Waals surface area contributed by atoms with Crippen molar-refractivity contribution in [2.24, 2.45) is 15.7 Å². The summed E-state index contributed by atoms with van der Waals surface area (Å²) in [5.41, 5.74) is 21.8. The fraction of sp³-hybridized carbons (Fsp3) is 0.452. The summed E-state index contributed by atoms with van der Waals surface area (Å²) in [7, 11) is 11.9. The Hall–Kier alpha value is -12.5. The van der Waals surface area contributed by atoms with Crippen LogP contribution in [0.4, 0.5) is 22.7 Å². The molecule has 123 heavy (non-hydrogen) atoms. The van der Waals surface area contributed by atoms with E-state index < -0.39 is 66.7 Å². The van der Waals surface area contributed by atoms with Gasteiger partial charge in [-0.15, -0.1) is 6.42 Å². The van der Waals surface area contributed by atoms with Crippen molar-refractivity contribution in [2.75, 3.05) is 171 Å². The van der Waals surface area contributed by atoms with Crippen molar-refractivity contribution in [3.05, 3.63) is 144 Å². The Morgan fingerprint density at radius 1 is 0.480 bits per heavy atom. The Bertz CT molecular complexity index is 5270. The number of nitrogens with one attached hydrogen (secondary N) is 3. The lowest BCUT2D eigenvalue weighted by Gasteiger charge is -2.36. The highest BCUT2D eigenvalue weighted by Crippen LogP contribution is 2.37. The van der Waals surface area contributed by atoms with Gasteiger partial charge in [0.2, 0.25) is 47.3 Å². The summed E-state index contributed by atoms with van der Waals surface area (Å²) in [6.45, 7) is 13.3. The van der Waals surface area contributed by atoms with Gasteiger partial charge in [-0.25, -0.2) is 9.97 Å². The molecule has 0 saturated carbocycles. The number of amides is 9. The molecule has 3 atom stereocenters. The maximum Gasteiger partial charge on any atom is 0.295 e. The van der Waals surface area contributed by atoms with Gasteiger partial charge in [-0.1, -0.05) is 55.0 Å². The van der Waals surface area contributed by atoms with Crippen molar-refractivity contribution in [1.29, 1.82) is 0 Å². The number of aromatic nitrogens is 4. The summed E-state index contributed by atoms with van der Waals surface area (Å²) < 4.78 is 12.3. The number of benzene rings is 6. The first-order valence-electron chi connectivity index (χ1n) is 42.8. The maximum absolute atomic E-state index is 14.2. The van der Waals surface area contributed by atoms with Crippen molar-refractivity contribution >= 4 is 109 Å². The number of carbonyl (C=O) groups excluding carboxylic acids is 9. The average Bonchev–Trinajstić information content (AvgIpc) is 1.64.